The third-order valence-electron chi connectivity index (χ3n) is 2.62. The highest BCUT2D eigenvalue weighted by atomic mass is 31.2. The zero-order valence-corrected chi connectivity index (χ0v) is 18.3. The maximum atomic E-state index is 10.8. The van der Waals surface area contributed by atoms with Gasteiger partial charge in [-0.2, -0.15) is 0 Å². The Labute approximate surface area is 168 Å². The fraction of sp³-hybridized carbons (Fsp3) is 1.00. The van der Waals surface area contributed by atoms with Crippen LogP contribution in [0.1, 0.15) is 0 Å². The minimum absolute atomic E-state index is 0.0881. The lowest BCUT2D eigenvalue weighted by Crippen LogP contribution is -2.15. The van der Waals surface area contributed by atoms with E-state index in [0.717, 1.165) is 7.11 Å². The average Bonchev–Trinajstić information content (AvgIpc) is 2.67. The topological polar surface area (TPSA) is 123 Å². The molecule has 0 aromatic carbocycles. The van der Waals surface area contributed by atoms with Gasteiger partial charge in [-0.25, -0.2) is 0 Å². The third kappa shape index (κ3) is 28.0. The maximum absolute atomic E-state index is 10.8. The molecule has 0 aromatic rings. The average molecular weight is 435 g/mol. The van der Waals surface area contributed by atoms with Crippen LogP contribution in [0.3, 0.4) is 0 Å². The van der Waals surface area contributed by atoms with Crippen molar-refractivity contribution in [1.82, 2.24) is 0 Å². The number of phosphoric ester groups is 1. The Balaban J connectivity index is 0. The first-order valence-electron chi connectivity index (χ1n) is 8.83. The van der Waals surface area contributed by atoms with Gasteiger partial charge in [0.15, 0.2) is 0 Å². The summed E-state index contributed by atoms with van der Waals surface area (Å²) in [6.07, 6.45) is 0. The van der Waals surface area contributed by atoms with Crippen LogP contribution in [0.5, 0.6) is 0 Å². The van der Waals surface area contributed by atoms with Gasteiger partial charge in [-0.1, -0.05) is 0 Å². The van der Waals surface area contributed by atoms with E-state index in [2.05, 4.69) is 13.8 Å². The highest BCUT2D eigenvalue weighted by Gasteiger charge is 2.04. The van der Waals surface area contributed by atoms with Crippen molar-refractivity contribution in [2.24, 2.45) is 0 Å². The summed E-state index contributed by atoms with van der Waals surface area (Å²) in [5.41, 5.74) is 0. The molecule has 1 atom stereocenters. The molecule has 0 aliphatic rings. The minimum atomic E-state index is -4.16. The van der Waals surface area contributed by atoms with Gasteiger partial charge in [0, 0.05) is 28.4 Å². The number of phosphoric acid groups is 1. The standard InChI is InChI=1S/C14H31O10P.C2H6O/c1-17-3-4-19-5-6-20-7-8-21-9-10-22-11-12-23-13-14-24-25(15,16)18-2;1-3-2/h3-14H2,1-2H3,(H,15,16);1-2H3/p-1. The van der Waals surface area contributed by atoms with Crippen molar-refractivity contribution in [3.63, 3.8) is 0 Å². The molecule has 0 amide bonds. The summed E-state index contributed by atoms with van der Waals surface area (Å²) in [4.78, 5) is 10.8. The van der Waals surface area contributed by atoms with E-state index in [-0.39, 0.29) is 13.2 Å². The number of hydrogen-bond donors (Lipinski definition) is 0. The second-order valence-electron chi connectivity index (χ2n) is 4.93. The van der Waals surface area contributed by atoms with E-state index in [0.29, 0.717) is 66.1 Å². The number of hydrogen-bond acceptors (Lipinski definition) is 11. The molecule has 0 aliphatic heterocycles. The van der Waals surface area contributed by atoms with E-state index in [1.807, 2.05) is 0 Å². The molecule has 0 radical (unpaired) electrons. The lowest BCUT2D eigenvalue weighted by molar-refractivity contribution is -0.223. The predicted molar refractivity (Wildman–Crippen MR) is 99.5 cm³/mol. The molecule has 0 aromatic heterocycles. The molecule has 1 unspecified atom stereocenters. The van der Waals surface area contributed by atoms with E-state index in [4.69, 9.17) is 28.4 Å². The monoisotopic (exact) mass is 435 g/mol. The van der Waals surface area contributed by atoms with Gasteiger partial charge in [-0.15, -0.1) is 0 Å². The molecule has 0 heterocycles. The zero-order valence-electron chi connectivity index (χ0n) is 17.4. The second-order valence-corrected chi connectivity index (χ2v) is 6.44. The van der Waals surface area contributed by atoms with Gasteiger partial charge in [-0.3, -0.25) is 4.57 Å². The largest absolute Gasteiger partial charge is 0.756 e. The number of ether oxygens (including phenoxy) is 7. The van der Waals surface area contributed by atoms with E-state index in [1.165, 1.54) is 0 Å². The number of methoxy groups -OCH3 is 2. The normalized spacial score (nSPS) is 13.0. The SMILES string of the molecule is COC.COCCOCCOCCOCCOCCOCCOP(=O)([O-])OC. The summed E-state index contributed by atoms with van der Waals surface area (Å²) in [7, 11) is 1.75. The Morgan fingerprint density at radius 1 is 0.571 bits per heavy atom. The molecule has 28 heavy (non-hydrogen) atoms. The molecule has 0 aliphatic carbocycles. The molecule has 12 heteroatoms. The molecule has 172 valence electrons. The molecular weight excluding hydrogens is 399 g/mol. The third-order valence-corrected chi connectivity index (χ3v) is 3.57. The molecule has 0 bridgehead atoms. The van der Waals surface area contributed by atoms with E-state index >= 15 is 0 Å². The van der Waals surface area contributed by atoms with Gasteiger partial charge in [0.2, 0.25) is 0 Å². The summed E-state index contributed by atoms with van der Waals surface area (Å²) in [6, 6.07) is 0. The van der Waals surface area contributed by atoms with Crippen molar-refractivity contribution in [1.29, 1.82) is 0 Å². The molecule has 0 fully saturated rings. The van der Waals surface area contributed by atoms with Crippen LogP contribution in [-0.2, 0) is 46.8 Å². The number of rotatable bonds is 20. The van der Waals surface area contributed by atoms with Gasteiger partial charge in [0.25, 0.3) is 7.82 Å². The first-order chi connectivity index (χ1) is 13.5. The van der Waals surface area contributed by atoms with Gasteiger partial charge >= 0.3 is 0 Å². The molecule has 0 saturated heterocycles. The summed E-state index contributed by atoms with van der Waals surface area (Å²) in [5.74, 6) is 0. The summed E-state index contributed by atoms with van der Waals surface area (Å²) in [6.45, 7) is 4.89. The maximum Gasteiger partial charge on any atom is 0.267 e. The predicted octanol–water partition coefficient (Wildman–Crippen LogP) is 0.110. The summed E-state index contributed by atoms with van der Waals surface area (Å²) in [5, 5.41) is 0. The quantitative estimate of drug-likeness (QED) is 0.191. The van der Waals surface area contributed by atoms with Crippen molar-refractivity contribution in [3.8, 4) is 0 Å². The summed E-state index contributed by atoms with van der Waals surface area (Å²) >= 11 is 0. The first-order valence-corrected chi connectivity index (χ1v) is 10.3. The van der Waals surface area contributed by atoms with Crippen LogP contribution in [0.2, 0.25) is 0 Å². The Bertz CT molecular complexity index is 334. The Hall–Kier alpha value is -0.170. The van der Waals surface area contributed by atoms with Gasteiger partial charge in [-0.05, 0) is 0 Å². The second kappa shape index (κ2) is 24.9. The fourth-order valence-corrected chi connectivity index (χ4v) is 1.79. The minimum Gasteiger partial charge on any atom is -0.756 e. The van der Waals surface area contributed by atoms with E-state index < -0.39 is 7.82 Å². The van der Waals surface area contributed by atoms with Crippen LogP contribution in [-0.4, -0.2) is 108 Å². The van der Waals surface area contributed by atoms with Gasteiger partial charge in [0.1, 0.15) is 0 Å². The lowest BCUT2D eigenvalue weighted by Gasteiger charge is -2.19. The van der Waals surface area contributed by atoms with Crippen LogP contribution in [0.25, 0.3) is 0 Å². The van der Waals surface area contributed by atoms with Gasteiger partial charge < -0.3 is 47.1 Å². The van der Waals surface area contributed by atoms with Crippen molar-refractivity contribution < 1.29 is 51.7 Å². The highest BCUT2D eigenvalue weighted by molar-refractivity contribution is 7.45. The Kier molecular flexibility index (Phi) is 26.7. The van der Waals surface area contributed by atoms with Crippen molar-refractivity contribution >= 4 is 7.82 Å². The molecular formula is C16H36O11P-. The van der Waals surface area contributed by atoms with Crippen LogP contribution in [0.15, 0.2) is 0 Å². The summed E-state index contributed by atoms with van der Waals surface area (Å²) < 4.78 is 54.8. The molecule has 0 rings (SSSR count). The van der Waals surface area contributed by atoms with E-state index in [9.17, 15) is 9.46 Å². The first kappa shape index (κ1) is 30.0. The van der Waals surface area contributed by atoms with Crippen LogP contribution < -0.4 is 4.89 Å². The lowest BCUT2D eigenvalue weighted by atomic mass is 10.7. The highest BCUT2D eigenvalue weighted by Crippen LogP contribution is 2.36. The van der Waals surface area contributed by atoms with Crippen molar-refractivity contribution in [2.45, 2.75) is 0 Å². The van der Waals surface area contributed by atoms with Crippen LogP contribution >= 0.6 is 7.82 Å². The van der Waals surface area contributed by atoms with Gasteiger partial charge in [0.05, 0.1) is 79.3 Å². The Morgan fingerprint density at radius 3 is 1.14 bits per heavy atom. The Morgan fingerprint density at radius 2 is 0.857 bits per heavy atom. The molecule has 0 spiro atoms. The fourth-order valence-electron chi connectivity index (χ4n) is 1.38. The molecule has 0 N–H and O–H groups in total. The van der Waals surface area contributed by atoms with Crippen molar-refractivity contribution in [2.75, 3.05) is 108 Å². The molecule has 11 nitrogen and oxygen atoms in total. The zero-order chi connectivity index (χ0) is 21.3. The van der Waals surface area contributed by atoms with Crippen molar-refractivity contribution in [3.05, 3.63) is 0 Å². The van der Waals surface area contributed by atoms with Crippen LogP contribution in [0, 0.1) is 0 Å². The van der Waals surface area contributed by atoms with E-state index in [1.54, 1.807) is 21.3 Å². The van der Waals surface area contributed by atoms with Crippen LogP contribution in [0.4, 0.5) is 0 Å². The smallest absolute Gasteiger partial charge is 0.267 e. The molecule has 0 saturated carbocycles.